The standard InChI is InChI=1S/C13H17ClF3N3O2/c1-7-6-20(5-4-12(7,2)22)11(21)9-8(14)10(13(15,16)17)18-19(9)3/h7,22H,4-6H2,1-3H3/t7-,12+/m0/s1. The Labute approximate surface area is 130 Å². The molecule has 1 amide bonds. The number of aryl methyl sites for hydroxylation is 1. The smallest absolute Gasteiger partial charge is 0.390 e. The van der Waals surface area contributed by atoms with Crippen molar-refractivity contribution >= 4 is 17.5 Å². The molecule has 124 valence electrons. The van der Waals surface area contributed by atoms with Crippen molar-refractivity contribution in [2.45, 2.75) is 32.0 Å². The molecule has 0 bridgehead atoms. The van der Waals surface area contributed by atoms with Gasteiger partial charge in [-0.15, -0.1) is 0 Å². The molecule has 0 aliphatic carbocycles. The van der Waals surface area contributed by atoms with Crippen LogP contribution in [-0.4, -0.2) is 44.4 Å². The zero-order chi connectivity index (χ0) is 16.9. The van der Waals surface area contributed by atoms with E-state index in [1.165, 1.54) is 11.9 Å². The maximum atomic E-state index is 12.8. The normalized spacial score (nSPS) is 26.4. The van der Waals surface area contributed by atoms with Crippen LogP contribution in [0.2, 0.25) is 5.02 Å². The fraction of sp³-hybridized carbons (Fsp3) is 0.692. The Balaban J connectivity index is 2.30. The maximum Gasteiger partial charge on any atom is 0.436 e. The Bertz CT molecular complexity index is 598. The number of carbonyl (C=O) groups is 1. The quantitative estimate of drug-likeness (QED) is 0.854. The number of amides is 1. The van der Waals surface area contributed by atoms with Crippen molar-refractivity contribution in [2.24, 2.45) is 13.0 Å². The molecule has 2 atom stereocenters. The van der Waals surface area contributed by atoms with Crippen LogP contribution < -0.4 is 0 Å². The van der Waals surface area contributed by atoms with Crippen LogP contribution in [0.15, 0.2) is 0 Å². The SMILES string of the molecule is C[C@H]1CN(C(=O)c2c(Cl)c(C(F)(F)F)nn2C)CC[C@@]1(C)O. The molecule has 0 saturated carbocycles. The number of aromatic nitrogens is 2. The molecule has 9 heteroatoms. The molecule has 0 aromatic carbocycles. The largest absolute Gasteiger partial charge is 0.436 e. The van der Waals surface area contributed by atoms with Crippen molar-refractivity contribution in [3.63, 3.8) is 0 Å². The molecule has 1 aromatic rings. The predicted molar refractivity (Wildman–Crippen MR) is 73.5 cm³/mol. The summed E-state index contributed by atoms with van der Waals surface area (Å²) in [6, 6.07) is 0. The van der Waals surface area contributed by atoms with Gasteiger partial charge in [-0.05, 0) is 13.3 Å². The van der Waals surface area contributed by atoms with Gasteiger partial charge in [0.05, 0.1) is 5.60 Å². The van der Waals surface area contributed by atoms with E-state index in [0.29, 0.717) is 6.42 Å². The number of likely N-dealkylation sites (tertiary alicyclic amines) is 1. The Morgan fingerprint density at radius 2 is 2.09 bits per heavy atom. The monoisotopic (exact) mass is 339 g/mol. The second-order valence-corrected chi connectivity index (χ2v) is 6.27. The zero-order valence-corrected chi connectivity index (χ0v) is 13.2. The van der Waals surface area contributed by atoms with E-state index in [4.69, 9.17) is 11.6 Å². The highest BCUT2D eigenvalue weighted by molar-refractivity contribution is 6.34. The first-order chi connectivity index (χ1) is 9.95. The number of hydrogen-bond acceptors (Lipinski definition) is 3. The second-order valence-electron chi connectivity index (χ2n) is 5.89. The lowest BCUT2D eigenvalue weighted by molar-refractivity contribution is -0.141. The van der Waals surface area contributed by atoms with Crippen molar-refractivity contribution in [2.75, 3.05) is 13.1 Å². The van der Waals surface area contributed by atoms with Gasteiger partial charge in [-0.3, -0.25) is 9.48 Å². The van der Waals surface area contributed by atoms with Gasteiger partial charge in [-0.1, -0.05) is 18.5 Å². The Morgan fingerprint density at radius 3 is 2.55 bits per heavy atom. The molecule has 1 aromatic heterocycles. The van der Waals surface area contributed by atoms with Crippen LogP contribution in [0.5, 0.6) is 0 Å². The van der Waals surface area contributed by atoms with Crippen molar-refractivity contribution in [3.05, 3.63) is 16.4 Å². The first kappa shape index (κ1) is 17.1. The molecule has 1 saturated heterocycles. The van der Waals surface area contributed by atoms with Crippen LogP contribution in [0.3, 0.4) is 0 Å². The average Bonchev–Trinajstić information content (AvgIpc) is 2.67. The van der Waals surface area contributed by atoms with E-state index in [0.717, 1.165) is 4.68 Å². The summed E-state index contributed by atoms with van der Waals surface area (Å²) in [5, 5.41) is 12.7. The highest BCUT2D eigenvalue weighted by Crippen LogP contribution is 2.36. The lowest BCUT2D eigenvalue weighted by atomic mass is 9.84. The van der Waals surface area contributed by atoms with Crippen LogP contribution in [0.25, 0.3) is 0 Å². The molecule has 1 fully saturated rings. The van der Waals surface area contributed by atoms with E-state index in [9.17, 15) is 23.1 Å². The molecular formula is C13H17ClF3N3O2. The minimum Gasteiger partial charge on any atom is -0.390 e. The third-order valence-electron chi connectivity index (χ3n) is 4.19. The number of alkyl halides is 3. The predicted octanol–water partition coefficient (Wildman–Crippen LogP) is 2.33. The van der Waals surface area contributed by atoms with Gasteiger partial charge in [0, 0.05) is 26.1 Å². The highest BCUT2D eigenvalue weighted by atomic mass is 35.5. The summed E-state index contributed by atoms with van der Waals surface area (Å²) >= 11 is 5.72. The van der Waals surface area contributed by atoms with Gasteiger partial charge in [0.15, 0.2) is 5.69 Å². The van der Waals surface area contributed by atoms with Gasteiger partial charge in [0.2, 0.25) is 0 Å². The first-order valence-corrected chi connectivity index (χ1v) is 7.14. The molecule has 5 nitrogen and oxygen atoms in total. The van der Waals surface area contributed by atoms with Gasteiger partial charge < -0.3 is 10.0 Å². The summed E-state index contributed by atoms with van der Waals surface area (Å²) in [6.45, 7) is 3.96. The summed E-state index contributed by atoms with van der Waals surface area (Å²) in [5.74, 6) is -0.808. The first-order valence-electron chi connectivity index (χ1n) is 6.76. The molecular weight excluding hydrogens is 323 g/mol. The Morgan fingerprint density at radius 1 is 1.50 bits per heavy atom. The highest BCUT2D eigenvalue weighted by Gasteiger charge is 2.42. The summed E-state index contributed by atoms with van der Waals surface area (Å²) in [5.41, 5.74) is -2.45. The van der Waals surface area contributed by atoms with E-state index >= 15 is 0 Å². The fourth-order valence-electron chi connectivity index (χ4n) is 2.47. The third kappa shape index (κ3) is 2.94. The van der Waals surface area contributed by atoms with Crippen LogP contribution >= 0.6 is 11.6 Å². The van der Waals surface area contributed by atoms with E-state index in [2.05, 4.69) is 5.10 Å². The van der Waals surface area contributed by atoms with Crippen LogP contribution in [0.1, 0.15) is 36.5 Å². The average molecular weight is 340 g/mol. The lowest BCUT2D eigenvalue weighted by Crippen LogP contribution is -2.51. The minimum atomic E-state index is -4.72. The summed E-state index contributed by atoms with van der Waals surface area (Å²) < 4.78 is 39.2. The summed E-state index contributed by atoms with van der Waals surface area (Å²) in [7, 11) is 1.25. The molecule has 2 heterocycles. The maximum absolute atomic E-state index is 12.8. The lowest BCUT2D eigenvalue weighted by Gasteiger charge is -2.41. The molecule has 1 N–H and O–H groups in total. The molecule has 1 aliphatic rings. The van der Waals surface area contributed by atoms with Gasteiger partial charge >= 0.3 is 6.18 Å². The van der Waals surface area contributed by atoms with Gasteiger partial charge in [0.1, 0.15) is 10.7 Å². The Kier molecular flexibility index (Phi) is 4.20. The number of aliphatic hydroxyl groups is 1. The van der Waals surface area contributed by atoms with Crippen LogP contribution in [0.4, 0.5) is 13.2 Å². The van der Waals surface area contributed by atoms with Crippen LogP contribution in [-0.2, 0) is 13.2 Å². The number of hydrogen-bond donors (Lipinski definition) is 1. The third-order valence-corrected chi connectivity index (χ3v) is 4.55. The van der Waals surface area contributed by atoms with E-state index < -0.39 is 28.4 Å². The van der Waals surface area contributed by atoms with Crippen molar-refractivity contribution in [1.29, 1.82) is 0 Å². The molecule has 0 unspecified atom stereocenters. The molecule has 0 radical (unpaired) electrons. The molecule has 0 spiro atoms. The number of carbonyl (C=O) groups excluding carboxylic acids is 1. The molecule has 1 aliphatic heterocycles. The number of nitrogens with zero attached hydrogens (tertiary/aromatic N) is 3. The second kappa shape index (κ2) is 5.42. The topological polar surface area (TPSA) is 58.4 Å². The van der Waals surface area contributed by atoms with Gasteiger partial charge in [-0.2, -0.15) is 18.3 Å². The molecule has 2 rings (SSSR count). The van der Waals surface area contributed by atoms with Crippen molar-refractivity contribution < 1.29 is 23.1 Å². The number of piperidine rings is 1. The van der Waals surface area contributed by atoms with E-state index in [1.54, 1.807) is 13.8 Å². The van der Waals surface area contributed by atoms with Crippen molar-refractivity contribution in [1.82, 2.24) is 14.7 Å². The van der Waals surface area contributed by atoms with E-state index in [-0.39, 0.29) is 24.7 Å². The molecule has 22 heavy (non-hydrogen) atoms. The number of rotatable bonds is 1. The van der Waals surface area contributed by atoms with E-state index in [1.807, 2.05) is 0 Å². The summed E-state index contributed by atoms with van der Waals surface area (Å²) in [6.07, 6.45) is -4.37. The van der Waals surface area contributed by atoms with Gasteiger partial charge in [0.25, 0.3) is 5.91 Å². The Hall–Kier alpha value is -1.28. The fourth-order valence-corrected chi connectivity index (χ4v) is 2.82. The zero-order valence-electron chi connectivity index (χ0n) is 12.4. The van der Waals surface area contributed by atoms with Gasteiger partial charge in [-0.25, -0.2) is 0 Å². The van der Waals surface area contributed by atoms with Crippen molar-refractivity contribution in [3.8, 4) is 0 Å². The minimum absolute atomic E-state index is 0.195. The summed E-state index contributed by atoms with van der Waals surface area (Å²) in [4.78, 5) is 13.9. The number of halogens is 4. The van der Waals surface area contributed by atoms with Crippen LogP contribution in [0, 0.1) is 5.92 Å².